The first-order valence-electron chi connectivity index (χ1n) is 5.53. The molecule has 100 valence electrons. The van der Waals surface area contributed by atoms with Crippen molar-refractivity contribution in [2.24, 2.45) is 0 Å². The Morgan fingerprint density at radius 3 is 2.47 bits per heavy atom. The molecule has 0 atom stereocenters. The minimum Gasteiger partial charge on any atom is -0.493 e. The number of nitrogens with zero attached hydrogens (tertiary/aromatic N) is 1. The highest BCUT2D eigenvalue weighted by atomic mass is 16.5. The maximum Gasteiger partial charge on any atom is 0.422 e. The van der Waals surface area contributed by atoms with Gasteiger partial charge in [0.2, 0.25) is 0 Å². The van der Waals surface area contributed by atoms with Crippen LogP contribution in [-0.2, 0) is 6.54 Å². The fraction of sp³-hybridized carbons (Fsp3) is 0.231. The number of rotatable bonds is 4. The summed E-state index contributed by atoms with van der Waals surface area (Å²) in [6.45, 7) is 3.80. The van der Waals surface area contributed by atoms with E-state index in [1.165, 1.54) is 30.9 Å². The van der Waals surface area contributed by atoms with Crippen LogP contribution in [0.5, 0.6) is 11.5 Å². The average Bonchev–Trinajstić information content (AvgIpc) is 2.42. The third kappa shape index (κ3) is 2.12. The van der Waals surface area contributed by atoms with E-state index < -0.39 is 11.4 Å². The van der Waals surface area contributed by atoms with Gasteiger partial charge in [0.25, 0.3) is 0 Å². The molecule has 6 nitrogen and oxygen atoms in total. The molecule has 0 aliphatic heterocycles. The Kier molecular flexibility index (Phi) is 3.41. The molecule has 2 aromatic rings. The highest BCUT2D eigenvalue weighted by Crippen LogP contribution is 2.30. The third-order valence-corrected chi connectivity index (χ3v) is 2.72. The third-order valence-electron chi connectivity index (χ3n) is 2.72. The molecule has 1 heterocycles. The molecule has 0 amide bonds. The summed E-state index contributed by atoms with van der Waals surface area (Å²) in [5.41, 5.74) is -0.292. The zero-order valence-electron chi connectivity index (χ0n) is 10.6. The van der Waals surface area contributed by atoms with Crippen LogP contribution in [0.4, 0.5) is 0 Å². The minimum absolute atomic E-state index is 0.231. The number of hydrogen-bond acceptors (Lipinski definition) is 5. The van der Waals surface area contributed by atoms with E-state index in [9.17, 15) is 9.59 Å². The Balaban J connectivity index is 2.93. The molecule has 19 heavy (non-hydrogen) atoms. The second-order valence-electron chi connectivity index (χ2n) is 3.78. The van der Waals surface area contributed by atoms with Crippen LogP contribution < -0.4 is 20.9 Å². The molecule has 0 unspecified atom stereocenters. The molecule has 1 aromatic heterocycles. The van der Waals surface area contributed by atoms with Crippen LogP contribution in [-0.4, -0.2) is 18.8 Å². The summed E-state index contributed by atoms with van der Waals surface area (Å²) in [6, 6.07) is 3.05. The largest absolute Gasteiger partial charge is 0.493 e. The van der Waals surface area contributed by atoms with E-state index >= 15 is 0 Å². The molecule has 0 aliphatic rings. The number of aromatic nitrogens is 1. The lowest BCUT2D eigenvalue weighted by molar-refractivity contribution is 0.354. The molecule has 2 rings (SSSR count). The van der Waals surface area contributed by atoms with Gasteiger partial charge in [-0.15, -0.1) is 6.58 Å². The molecule has 0 radical (unpaired) electrons. The Labute approximate surface area is 108 Å². The summed E-state index contributed by atoms with van der Waals surface area (Å²) in [6.07, 6.45) is 1.54. The summed E-state index contributed by atoms with van der Waals surface area (Å²) in [7, 11) is 2.94. The number of benzene rings is 1. The molecule has 0 spiro atoms. The lowest BCUT2D eigenvalue weighted by Gasteiger charge is -2.11. The van der Waals surface area contributed by atoms with Gasteiger partial charge in [-0.25, -0.2) is 9.59 Å². The van der Waals surface area contributed by atoms with Crippen LogP contribution in [0.1, 0.15) is 0 Å². The van der Waals surface area contributed by atoms with Gasteiger partial charge in [-0.2, -0.15) is 0 Å². The predicted octanol–water partition coefficient (Wildman–Crippen LogP) is 1.16. The standard InChI is InChI=1S/C13H13NO5/c1-4-5-14-9-7-11(18-3)10(17-2)6-8(9)12(15)19-13(14)16/h4,6-7H,1,5H2,2-3H3. The number of fused-ring (bicyclic) bond motifs is 1. The van der Waals surface area contributed by atoms with E-state index in [1.807, 2.05) is 0 Å². The van der Waals surface area contributed by atoms with Gasteiger partial charge in [0.05, 0.1) is 25.1 Å². The molecule has 0 bridgehead atoms. The summed E-state index contributed by atoms with van der Waals surface area (Å²) < 4.78 is 16.2. The highest BCUT2D eigenvalue weighted by Gasteiger charge is 2.13. The normalized spacial score (nSPS) is 10.4. The van der Waals surface area contributed by atoms with E-state index in [0.717, 1.165) is 0 Å². The first-order valence-corrected chi connectivity index (χ1v) is 5.53. The summed E-state index contributed by atoms with van der Waals surface area (Å²) >= 11 is 0. The molecule has 1 aromatic carbocycles. The van der Waals surface area contributed by atoms with E-state index in [0.29, 0.717) is 17.0 Å². The van der Waals surface area contributed by atoms with E-state index in [-0.39, 0.29) is 11.9 Å². The van der Waals surface area contributed by atoms with Gasteiger partial charge < -0.3 is 13.9 Å². The van der Waals surface area contributed by atoms with Crippen molar-refractivity contribution in [2.75, 3.05) is 14.2 Å². The van der Waals surface area contributed by atoms with Gasteiger partial charge >= 0.3 is 11.4 Å². The average molecular weight is 263 g/mol. The fourth-order valence-corrected chi connectivity index (χ4v) is 1.84. The molecule has 0 fully saturated rings. The first-order chi connectivity index (χ1) is 9.12. The van der Waals surface area contributed by atoms with E-state index in [1.54, 1.807) is 6.07 Å². The fourth-order valence-electron chi connectivity index (χ4n) is 1.84. The Morgan fingerprint density at radius 1 is 1.26 bits per heavy atom. The van der Waals surface area contributed by atoms with Crippen LogP contribution in [0.2, 0.25) is 0 Å². The van der Waals surface area contributed by atoms with Crippen molar-refractivity contribution in [3.05, 3.63) is 45.8 Å². The van der Waals surface area contributed by atoms with Crippen molar-refractivity contribution in [1.82, 2.24) is 4.57 Å². The first kappa shape index (κ1) is 12.9. The topological polar surface area (TPSA) is 70.7 Å². The van der Waals surface area contributed by atoms with Crippen LogP contribution >= 0.6 is 0 Å². The maximum absolute atomic E-state index is 11.7. The van der Waals surface area contributed by atoms with Gasteiger partial charge in [-0.3, -0.25) is 4.57 Å². The minimum atomic E-state index is -0.732. The number of methoxy groups -OCH3 is 2. The number of allylic oxidation sites excluding steroid dienone is 1. The quantitative estimate of drug-likeness (QED) is 0.774. The van der Waals surface area contributed by atoms with Crippen molar-refractivity contribution in [3.8, 4) is 11.5 Å². The van der Waals surface area contributed by atoms with Gasteiger partial charge in [0.15, 0.2) is 11.5 Å². The lowest BCUT2D eigenvalue weighted by Crippen LogP contribution is -2.24. The molecular weight excluding hydrogens is 250 g/mol. The Morgan fingerprint density at radius 2 is 1.89 bits per heavy atom. The molecule has 6 heteroatoms. The summed E-state index contributed by atoms with van der Waals surface area (Å²) in [5.74, 6) is 0.0912. The Bertz CT molecular complexity index is 741. The van der Waals surface area contributed by atoms with Crippen LogP contribution in [0, 0.1) is 0 Å². The van der Waals surface area contributed by atoms with Crippen LogP contribution in [0.25, 0.3) is 10.9 Å². The molecular formula is C13H13NO5. The van der Waals surface area contributed by atoms with Gasteiger partial charge in [-0.1, -0.05) is 6.08 Å². The van der Waals surface area contributed by atoms with Crippen molar-refractivity contribution in [1.29, 1.82) is 0 Å². The van der Waals surface area contributed by atoms with Gasteiger partial charge in [0, 0.05) is 18.7 Å². The van der Waals surface area contributed by atoms with Crippen molar-refractivity contribution in [2.45, 2.75) is 6.54 Å². The van der Waals surface area contributed by atoms with Crippen molar-refractivity contribution < 1.29 is 13.9 Å². The highest BCUT2D eigenvalue weighted by molar-refractivity contribution is 5.81. The second kappa shape index (κ2) is 5.01. The summed E-state index contributed by atoms with van der Waals surface area (Å²) in [5, 5.41) is 0.249. The molecule has 0 saturated heterocycles. The Hall–Kier alpha value is -2.50. The second-order valence-corrected chi connectivity index (χ2v) is 3.78. The smallest absolute Gasteiger partial charge is 0.422 e. The molecule has 0 aliphatic carbocycles. The molecule has 0 N–H and O–H groups in total. The monoisotopic (exact) mass is 263 g/mol. The SMILES string of the molecule is C=CCn1c(=O)oc(=O)c2cc(OC)c(OC)cc21. The zero-order valence-corrected chi connectivity index (χ0v) is 10.6. The lowest BCUT2D eigenvalue weighted by atomic mass is 10.2. The van der Waals surface area contributed by atoms with Crippen molar-refractivity contribution in [3.63, 3.8) is 0 Å². The van der Waals surface area contributed by atoms with E-state index in [2.05, 4.69) is 11.0 Å². The number of ether oxygens (including phenoxy) is 2. The van der Waals surface area contributed by atoms with Crippen LogP contribution in [0.15, 0.2) is 38.8 Å². The zero-order chi connectivity index (χ0) is 14.0. The van der Waals surface area contributed by atoms with Crippen LogP contribution in [0.3, 0.4) is 0 Å². The predicted molar refractivity (Wildman–Crippen MR) is 70.0 cm³/mol. The summed E-state index contributed by atoms with van der Waals surface area (Å²) in [4.78, 5) is 23.4. The van der Waals surface area contributed by atoms with Crippen molar-refractivity contribution >= 4 is 10.9 Å². The van der Waals surface area contributed by atoms with Gasteiger partial charge in [-0.05, 0) is 0 Å². The molecule has 0 saturated carbocycles. The van der Waals surface area contributed by atoms with E-state index in [4.69, 9.17) is 9.47 Å². The number of hydrogen-bond donors (Lipinski definition) is 0. The maximum atomic E-state index is 11.7. The van der Waals surface area contributed by atoms with Gasteiger partial charge in [0.1, 0.15) is 0 Å².